The van der Waals surface area contributed by atoms with Crippen LogP contribution in [-0.4, -0.2) is 40.2 Å². The highest BCUT2D eigenvalue weighted by Gasteiger charge is 2.33. The van der Waals surface area contributed by atoms with E-state index >= 15 is 0 Å². The largest absolute Gasteiger partial charge is 0.439 e. The van der Waals surface area contributed by atoms with Gasteiger partial charge in [0.15, 0.2) is 0 Å². The van der Waals surface area contributed by atoms with Crippen LogP contribution in [0.1, 0.15) is 16.1 Å². The van der Waals surface area contributed by atoms with E-state index in [1.54, 1.807) is 12.1 Å². The molecule has 0 bridgehead atoms. The van der Waals surface area contributed by atoms with E-state index in [1.807, 2.05) is 0 Å². The van der Waals surface area contributed by atoms with E-state index in [2.05, 4.69) is 25.9 Å². The number of aliphatic hydroxyl groups is 1. The maximum atomic E-state index is 13.0. The monoisotopic (exact) mass is 495 g/mol. The Morgan fingerprint density at radius 2 is 1.76 bits per heavy atom. The van der Waals surface area contributed by atoms with Crippen molar-refractivity contribution in [1.29, 1.82) is 0 Å². The molecule has 0 atom stereocenters. The number of carbonyl (C=O) groups is 2. The second kappa shape index (κ2) is 10.8. The molecule has 0 radical (unpaired) electrons. The number of aromatic nitrogens is 2. The lowest BCUT2D eigenvalue weighted by Gasteiger charge is -2.13. The van der Waals surface area contributed by atoms with Gasteiger partial charge in [-0.05, 0) is 30.3 Å². The number of aliphatic hydroxyl groups excluding tert-OH is 1. The zero-order chi connectivity index (χ0) is 24.7. The van der Waals surface area contributed by atoms with Gasteiger partial charge in [-0.15, -0.1) is 0 Å². The number of hydrogen-bond donors (Lipinski definition) is 4. The Kier molecular flexibility index (Phi) is 7.87. The zero-order valence-corrected chi connectivity index (χ0v) is 17.9. The summed E-state index contributed by atoms with van der Waals surface area (Å²) in [6.45, 7) is -0.169. The summed E-state index contributed by atoms with van der Waals surface area (Å²) in [6, 6.07) is 9.59. The molecule has 0 unspecified atom stereocenters. The van der Waals surface area contributed by atoms with Gasteiger partial charge in [-0.25, -0.2) is 14.8 Å². The van der Waals surface area contributed by atoms with Crippen molar-refractivity contribution in [2.24, 2.45) is 0 Å². The van der Waals surface area contributed by atoms with Gasteiger partial charge >= 0.3 is 12.2 Å². The minimum Gasteiger partial charge on any atom is -0.439 e. The fourth-order valence-corrected chi connectivity index (χ4v) is 2.88. The standard InChI is InChI=1S/C21H17ClF3N5O4/c22-16-5-4-13(9-15(16)21(23,24)25)30-20(33)29-12-2-1-3-14(8-12)34-18-10-17(27-11-28-18)19(32)26-6-7-31/h1-5,8-11,31H,6-7H2,(H,26,32)(H2,29,30,33). The summed E-state index contributed by atoms with van der Waals surface area (Å²) in [6.07, 6.45) is -3.54. The number of amides is 3. The molecule has 0 aliphatic rings. The van der Waals surface area contributed by atoms with Crippen molar-refractivity contribution in [3.63, 3.8) is 0 Å². The molecule has 3 aromatic rings. The van der Waals surface area contributed by atoms with E-state index < -0.39 is 28.7 Å². The van der Waals surface area contributed by atoms with Crippen LogP contribution in [-0.2, 0) is 6.18 Å². The minimum absolute atomic E-state index is 0.0216. The first-order valence-electron chi connectivity index (χ1n) is 9.59. The summed E-state index contributed by atoms with van der Waals surface area (Å²) in [5.74, 6) is -0.222. The molecule has 0 saturated carbocycles. The van der Waals surface area contributed by atoms with Crippen molar-refractivity contribution in [1.82, 2.24) is 15.3 Å². The van der Waals surface area contributed by atoms with Crippen molar-refractivity contribution in [3.8, 4) is 11.6 Å². The second-order valence-corrected chi connectivity index (χ2v) is 7.03. The Morgan fingerprint density at radius 1 is 1.03 bits per heavy atom. The molecule has 0 spiro atoms. The molecule has 0 aliphatic carbocycles. The molecule has 3 rings (SSSR count). The van der Waals surface area contributed by atoms with E-state index in [0.717, 1.165) is 18.5 Å². The molecule has 2 aromatic carbocycles. The lowest BCUT2D eigenvalue weighted by molar-refractivity contribution is -0.137. The Morgan fingerprint density at radius 3 is 2.47 bits per heavy atom. The first-order valence-corrected chi connectivity index (χ1v) is 9.97. The van der Waals surface area contributed by atoms with Crippen LogP contribution in [0.5, 0.6) is 11.6 Å². The van der Waals surface area contributed by atoms with Gasteiger partial charge in [0.1, 0.15) is 17.8 Å². The molecule has 0 saturated heterocycles. The second-order valence-electron chi connectivity index (χ2n) is 6.62. The highest BCUT2D eigenvalue weighted by molar-refractivity contribution is 6.31. The number of ether oxygens (including phenoxy) is 1. The van der Waals surface area contributed by atoms with Gasteiger partial charge < -0.3 is 25.8 Å². The van der Waals surface area contributed by atoms with Crippen molar-refractivity contribution >= 4 is 34.9 Å². The van der Waals surface area contributed by atoms with Crippen LogP contribution in [0.25, 0.3) is 0 Å². The van der Waals surface area contributed by atoms with Crippen LogP contribution in [0, 0.1) is 0 Å². The quantitative estimate of drug-likeness (QED) is 0.387. The van der Waals surface area contributed by atoms with Crippen LogP contribution < -0.4 is 20.7 Å². The maximum Gasteiger partial charge on any atom is 0.417 e. The number of nitrogens with zero attached hydrogens (tertiary/aromatic N) is 2. The summed E-state index contributed by atoms with van der Waals surface area (Å²) in [4.78, 5) is 31.9. The van der Waals surface area contributed by atoms with Gasteiger partial charge in [0.2, 0.25) is 5.88 Å². The van der Waals surface area contributed by atoms with Crippen molar-refractivity contribution in [2.75, 3.05) is 23.8 Å². The van der Waals surface area contributed by atoms with Crippen molar-refractivity contribution in [3.05, 3.63) is 71.1 Å². The molecule has 0 fully saturated rings. The molecule has 1 aromatic heterocycles. The number of alkyl halides is 3. The summed E-state index contributed by atoms with van der Waals surface area (Å²) in [7, 11) is 0. The number of hydrogen-bond acceptors (Lipinski definition) is 6. The first-order chi connectivity index (χ1) is 16.2. The molecule has 0 aliphatic heterocycles. The van der Waals surface area contributed by atoms with E-state index in [-0.39, 0.29) is 41.8 Å². The van der Waals surface area contributed by atoms with E-state index in [4.69, 9.17) is 21.4 Å². The average molecular weight is 496 g/mol. The van der Waals surface area contributed by atoms with Crippen LogP contribution in [0.2, 0.25) is 5.02 Å². The number of rotatable bonds is 7. The summed E-state index contributed by atoms with van der Waals surface area (Å²) in [5, 5.41) is 15.5. The third-order valence-corrected chi connectivity index (χ3v) is 4.45. The van der Waals surface area contributed by atoms with Crippen molar-refractivity contribution in [2.45, 2.75) is 6.18 Å². The highest BCUT2D eigenvalue weighted by atomic mass is 35.5. The van der Waals surface area contributed by atoms with Crippen LogP contribution in [0.4, 0.5) is 29.3 Å². The Labute approximate surface area is 195 Å². The Hall–Kier alpha value is -3.90. The number of carbonyl (C=O) groups excluding carboxylic acids is 2. The average Bonchev–Trinajstić information content (AvgIpc) is 2.78. The zero-order valence-electron chi connectivity index (χ0n) is 17.2. The predicted octanol–water partition coefficient (Wildman–Crippen LogP) is 4.31. The Bertz CT molecular complexity index is 1190. The summed E-state index contributed by atoms with van der Waals surface area (Å²) < 4.78 is 44.6. The van der Waals surface area contributed by atoms with Gasteiger partial charge in [-0.3, -0.25) is 4.79 Å². The third-order valence-electron chi connectivity index (χ3n) is 4.12. The minimum atomic E-state index is -4.67. The Balaban J connectivity index is 1.66. The van der Waals surface area contributed by atoms with Crippen LogP contribution >= 0.6 is 11.6 Å². The lowest BCUT2D eigenvalue weighted by atomic mass is 10.2. The van der Waals surface area contributed by atoms with Crippen LogP contribution in [0.15, 0.2) is 54.9 Å². The molecule has 9 nitrogen and oxygen atoms in total. The first kappa shape index (κ1) is 24.7. The molecular formula is C21H17ClF3N5O4. The third kappa shape index (κ3) is 6.80. The molecular weight excluding hydrogens is 479 g/mol. The maximum absolute atomic E-state index is 13.0. The topological polar surface area (TPSA) is 125 Å². The van der Waals surface area contributed by atoms with Gasteiger partial charge in [-0.1, -0.05) is 17.7 Å². The SMILES string of the molecule is O=C(Nc1cccc(Oc2cc(C(=O)NCCO)ncn2)c1)Nc1ccc(Cl)c(C(F)(F)F)c1. The molecule has 3 amide bonds. The van der Waals surface area contributed by atoms with E-state index in [0.29, 0.717) is 0 Å². The number of halogens is 4. The van der Waals surface area contributed by atoms with Crippen molar-refractivity contribution < 1.29 is 32.6 Å². The lowest BCUT2D eigenvalue weighted by Crippen LogP contribution is -2.27. The molecule has 1 heterocycles. The fraction of sp³-hybridized carbons (Fsp3) is 0.143. The van der Waals surface area contributed by atoms with Crippen LogP contribution in [0.3, 0.4) is 0 Å². The smallest absolute Gasteiger partial charge is 0.417 e. The summed E-state index contributed by atoms with van der Waals surface area (Å²) >= 11 is 5.58. The number of anilines is 2. The van der Waals surface area contributed by atoms with Gasteiger partial charge in [0.05, 0.1) is 17.2 Å². The predicted molar refractivity (Wildman–Crippen MR) is 117 cm³/mol. The number of nitrogens with one attached hydrogen (secondary N) is 3. The molecule has 13 heteroatoms. The van der Waals surface area contributed by atoms with E-state index in [1.165, 1.54) is 24.3 Å². The van der Waals surface area contributed by atoms with E-state index in [9.17, 15) is 22.8 Å². The van der Waals surface area contributed by atoms with Gasteiger partial charge in [-0.2, -0.15) is 13.2 Å². The highest BCUT2D eigenvalue weighted by Crippen LogP contribution is 2.36. The van der Waals surface area contributed by atoms with Gasteiger partial charge in [0, 0.05) is 30.1 Å². The van der Waals surface area contributed by atoms with Gasteiger partial charge in [0.25, 0.3) is 5.91 Å². The normalized spacial score (nSPS) is 11.0. The number of urea groups is 1. The molecule has 178 valence electrons. The molecule has 4 N–H and O–H groups in total. The summed E-state index contributed by atoms with van der Waals surface area (Å²) in [5.41, 5.74) is -0.880. The number of benzene rings is 2. The molecule has 34 heavy (non-hydrogen) atoms. The fourth-order valence-electron chi connectivity index (χ4n) is 2.65.